The van der Waals surface area contributed by atoms with E-state index in [9.17, 15) is 9.59 Å². The van der Waals surface area contributed by atoms with Gasteiger partial charge in [0.15, 0.2) is 0 Å². The van der Waals surface area contributed by atoms with Crippen molar-refractivity contribution in [1.29, 1.82) is 0 Å². The third-order valence-corrected chi connectivity index (χ3v) is 2.74. The van der Waals surface area contributed by atoms with Crippen LogP contribution in [0.4, 0.5) is 4.79 Å². The summed E-state index contributed by atoms with van der Waals surface area (Å²) in [5.74, 6) is 0.769. The van der Waals surface area contributed by atoms with Crippen LogP contribution in [0.15, 0.2) is 24.3 Å². The van der Waals surface area contributed by atoms with Gasteiger partial charge in [0.2, 0.25) is 0 Å². The van der Waals surface area contributed by atoms with Gasteiger partial charge in [0, 0.05) is 12.5 Å². The van der Waals surface area contributed by atoms with Crippen LogP contribution in [0.5, 0.6) is 5.75 Å². The van der Waals surface area contributed by atoms with E-state index < -0.39 is 11.7 Å². The zero-order valence-corrected chi connectivity index (χ0v) is 13.0. The SMILES string of the molecule is COc1ccc(C[C@H](CC=O)NC(=O)OC(C)(C)C)cc1. The molecule has 5 heteroatoms. The lowest BCUT2D eigenvalue weighted by Gasteiger charge is -2.23. The van der Waals surface area contributed by atoms with E-state index in [1.165, 1.54) is 0 Å². The van der Waals surface area contributed by atoms with Crippen molar-refractivity contribution in [3.05, 3.63) is 29.8 Å². The van der Waals surface area contributed by atoms with Gasteiger partial charge >= 0.3 is 6.09 Å². The number of rotatable bonds is 6. The normalized spacial score (nSPS) is 12.4. The lowest BCUT2D eigenvalue weighted by Crippen LogP contribution is -2.40. The first-order valence-corrected chi connectivity index (χ1v) is 6.90. The maximum atomic E-state index is 11.8. The molecule has 21 heavy (non-hydrogen) atoms. The molecule has 116 valence electrons. The van der Waals surface area contributed by atoms with Gasteiger partial charge in [0.05, 0.1) is 7.11 Å². The van der Waals surface area contributed by atoms with Gasteiger partial charge in [-0.3, -0.25) is 0 Å². The van der Waals surface area contributed by atoms with Gasteiger partial charge in [-0.1, -0.05) is 12.1 Å². The van der Waals surface area contributed by atoms with Crippen LogP contribution in [-0.4, -0.2) is 31.1 Å². The number of ether oxygens (including phenoxy) is 2. The smallest absolute Gasteiger partial charge is 0.407 e. The fourth-order valence-corrected chi connectivity index (χ4v) is 1.83. The monoisotopic (exact) mass is 293 g/mol. The Bertz CT molecular complexity index is 462. The van der Waals surface area contributed by atoms with Crippen LogP contribution in [0, 0.1) is 0 Å². The van der Waals surface area contributed by atoms with E-state index in [0.29, 0.717) is 6.42 Å². The molecule has 0 unspecified atom stereocenters. The minimum atomic E-state index is -0.560. The van der Waals surface area contributed by atoms with Crippen molar-refractivity contribution in [2.24, 2.45) is 0 Å². The molecule has 1 aromatic rings. The fraction of sp³-hybridized carbons (Fsp3) is 0.500. The largest absolute Gasteiger partial charge is 0.497 e. The fourth-order valence-electron chi connectivity index (χ4n) is 1.83. The summed E-state index contributed by atoms with van der Waals surface area (Å²) < 4.78 is 10.3. The van der Waals surface area contributed by atoms with Crippen molar-refractivity contribution in [2.75, 3.05) is 7.11 Å². The van der Waals surface area contributed by atoms with Gasteiger partial charge in [-0.15, -0.1) is 0 Å². The van der Waals surface area contributed by atoms with Gasteiger partial charge in [-0.25, -0.2) is 4.79 Å². The predicted molar refractivity (Wildman–Crippen MR) is 80.5 cm³/mol. The number of methoxy groups -OCH3 is 1. The zero-order valence-electron chi connectivity index (χ0n) is 13.0. The number of amides is 1. The lowest BCUT2D eigenvalue weighted by atomic mass is 10.0. The van der Waals surface area contributed by atoms with Gasteiger partial charge in [-0.05, 0) is 44.9 Å². The van der Waals surface area contributed by atoms with Crippen LogP contribution in [0.3, 0.4) is 0 Å². The molecule has 0 spiro atoms. The number of carbonyl (C=O) groups excluding carboxylic acids is 2. The lowest BCUT2D eigenvalue weighted by molar-refractivity contribution is -0.108. The van der Waals surface area contributed by atoms with E-state index in [1.54, 1.807) is 27.9 Å². The van der Waals surface area contributed by atoms with Crippen molar-refractivity contribution in [1.82, 2.24) is 5.32 Å². The molecule has 1 atom stereocenters. The average molecular weight is 293 g/mol. The van der Waals surface area contributed by atoms with Crippen LogP contribution >= 0.6 is 0 Å². The standard InChI is InChI=1S/C16H23NO4/c1-16(2,3)21-15(19)17-13(9-10-18)11-12-5-7-14(20-4)8-6-12/h5-8,10,13H,9,11H2,1-4H3,(H,17,19)/t13-/m0/s1. The highest BCUT2D eigenvalue weighted by Crippen LogP contribution is 2.14. The molecule has 0 aliphatic heterocycles. The Morgan fingerprint density at radius 3 is 2.38 bits per heavy atom. The quantitative estimate of drug-likeness (QED) is 0.819. The Kier molecular flexibility index (Phi) is 6.21. The number of alkyl carbamates (subject to hydrolysis) is 1. The maximum Gasteiger partial charge on any atom is 0.407 e. The number of carbonyl (C=O) groups is 2. The third kappa shape index (κ3) is 6.79. The molecule has 0 aromatic heterocycles. The number of hydrogen-bond acceptors (Lipinski definition) is 4. The number of aldehydes is 1. The molecule has 1 aromatic carbocycles. The molecule has 0 radical (unpaired) electrons. The second-order valence-corrected chi connectivity index (χ2v) is 5.80. The summed E-state index contributed by atoms with van der Waals surface area (Å²) >= 11 is 0. The molecule has 5 nitrogen and oxygen atoms in total. The van der Waals surface area contributed by atoms with Gasteiger partial charge in [0.25, 0.3) is 0 Å². The molecule has 0 fully saturated rings. The molecule has 0 heterocycles. The molecule has 0 aliphatic rings. The number of benzene rings is 1. The zero-order chi connectivity index (χ0) is 15.9. The molecule has 0 saturated carbocycles. The van der Waals surface area contributed by atoms with Crippen molar-refractivity contribution < 1.29 is 19.1 Å². The summed E-state index contributed by atoms with van der Waals surface area (Å²) in [4.78, 5) is 22.5. The van der Waals surface area contributed by atoms with E-state index in [-0.39, 0.29) is 12.5 Å². The summed E-state index contributed by atoms with van der Waals surface area (Å²) in [6.45, 7) is 5.39. The van der Waals surface area contributed by atoms with Crippen LogP contribution in [0.25, 0.3) is 0 Å². The van der Waals surface area contributed by atoms with E-state index in [4.69, 9.17) is 9.47 Å². The van der Waals surface area contributed by atoms with Crippen LogP contribution < -0.4 is 10.1 Å². The summed E-state index contributed by atoms with van der Waals surface area (Å²) in [5, 5.41) is 2.73. The van der Waals surface area contributed by atoms with Gasteiger partial charge < -0.3 is 19.6 Å². The summed E-state index contributed by atoms with van der Waals surface area (Å²) in [5.41, 5.74) is 0.453. The molecular weight excluding hydrogens is 270 g/mol. The highest BCUT2D eigenvalue weighted by Gasteiger charge is 2.19. The minimum absolute atomic E-state index is 0.241. The molecule has 0 saturated heterocycles. The topological polar surface area (TPSA) is 64.6 Å². The van der Waals surface area contributed by atoms with Crippen molar-refractivity contribution >= 4 is 12.4 Å². The molecular formula is C16H23NO4. The van der Waals surface area contributed by atoms with Gasteiger partial charge in [0.1, 0.15) is 17.6 Å². The highest BCUT2D eigenvalue weighted by molar-refractivity contribution is 5.68. The first kappa shape index (κ1) is 17.0. The number of nitrogens with one attached hydrogen (secondary N) is 1. The van der Waals surface area contributed by atoms with Crippen molar-refractivity contribution in [2.45, 2.75) is 45.3 Å². The maximum absolute atomic E-state index is 11.8. The van der Waals surface area contributed by atoms with E-state index >= 15 is 0 Å². The Morgan fingerprint density at radius 2 is 1.90 bits per heavy atom. The second-order valence-electron chi connectivity index (χ2n) is 5.80. The van der Waals surface area contributed by atoms with Crippen LogP contribution in [-0.2, 0) is 16.0 Å². The van der Waals surface area contributed by atoms with Crippen LogP contribution in [0.1, 0.15) is 32.8 Å². The van der Waals surface area contributed by atoms with E-state index in [2.05, 4.69) is 5.32 Å². The third-order valence-electron chi connectivity index (χ3n) is 2.74. The summed E-state index contributed by atoms with van der Waals surface area (Å²) in [6, 6.07) is 7.23. The van der Waals surface area contributed by atoms with Crippen molar-refractivity contribution in [3.8, 4) is 5.75 Å². The summed E-state index contributed by atoms with van der Waals surface area (Å²) in [7, 11) is 1.61. The Hall–Kier alpha value is -2.04. The highest BCUT2D eigenvalue weighted by atomic mass is 16.6. The first-order valence-electron chi connectivity index (χ1n) is 6.90. The number of hydrogen-bond donors (Lipinski definition) is 1. The summed E-state index contributed by atoms with van der Waals surface area (Å²) in [6.07, 6.45) is 1.08. The minimum Gasteiger partial charge on any atom is -0.497 e. The first-order chi connectivity index (χ1) is 9.84. The Labute approximate surface area is 125 Å². The van der Waals surface area contributed by atoms with Gasteiger partial charge in [-0.2, -0.15) is 0 Å². The van der Waals surface area contributed by atoms with E-state index in [1.807, 2.05) is 24.3 Å². The molecule has 1 N–H and O–H groups in total. The van der Waals surface area contributed by atoms with Crippen molar-refractivity contribution in [3.63, 3.8) is 0 Å². The molecule has 0 bridgehead atoms. The second kappa shape index (κ2) is 7.67. The average Bonchev–Trinajstić information content (AvgIpc) is 2.37. The molecule has 0 aliphatic carbocycles. The Morgan fingerprint density at radius 1 is 1.29 bits per heavy atom. The molecule has 1 amide bonds. The van der Waals surface area contributed by atoms with Crippen LogP contribution in [0.2, 0.25) is 0 Å². The predicted octanol–water partition coefficient (Wildman–Crippen LogP) is 2.72. The Balaban J connectivity index is 2.63. The van der Waals surface area contributed by atoms with E-state index in [0.717, 1.165) is 17.6 Å². The molecule has 1 rings (SSSR count).